The van der Waals surface area contributed by atoms with Gasteiger partial charge in [-0.1, -0.05) is 0 Å². The van der Waals surface area contributed by atoms with Crippen LogP contribution in [0.4, 0.5) is 0 Å². The molecule has 1 fully saturated rings. The fraction of sp³-hybridized carbons (Fsp3) is 0.500. The molecule has 1 aliphatic rings. The molecular formula is C16H21NO5. The maximum atomic E-state index is 12.0. The molecule has 1 aliphatic heterocycles. The van der Waals surface area contributed by atoms with Gasteiger partial charge in [0.25, 0.3) is 0 Å². The Morgan fingerprint density at radius 2 is 2.09 bits per heavy atom. The zero-order chi connectivity index (χ0) is 15.9. The van der Waals surface area contributed by atoms with E-state index in [2.05, 4.69) is 5.32 Å². The number of rotatable bonds is 6. The fourth-order valence-electron chi connectivity index (χ4n) is 2.44. The van der Waals surface area contributed by atoms with E-state index in [1.54, 1.807) is 12.1 Å². The molecule has 1 saturated heterocycles. The Kier molecular flexibility index (Phi) is 5.77. The number of carboxylic acid groups (broad SMARTS) is 1. The number of benzene rings is 1. The molecule has 1 amide bonds. The normalized spacial score (nSPS) is 21.1. The molecule has 0 saturated carbocycles. The standard InChI is InChI=1S/C16H21NO5/c1-11-14(3-2-9-21-11)15(18)17-8-10-22-13-6-4-12(5-7-13)16(19)20/h4-7,11,14H,2-3,8-10H2,1H3,(H,17,18)(H,19,20). The number of ether oxygens (including phenoxy) is 2. The molecule has 22 heavy (non-hydrogen) atoms. The number of carbonyl (C=O) groups excluding carboxylic acids is 1. The second kappa shape index (κ2) is 7.79. The van der Waals surface area contributed by atoms with Crippen LogP contribution in [0.1, 0.15) is 30.1 Å². The average Bonchev–Trinajstić information content (AvgIpc) is 2.52. The van der Waals surface area contributed by atoms with E-state index in [1.807, 2.05) is 6.92 Å². The predicted molar refractivity (Wildman–Crippen MR) is 80.0 cm³/mol. The number of hydrogen-bond acceptors (Lipinski definition) is 4. The Morgan fingerprint density at radius 1 is 1.36 bits per heavy atom. The van der Waals surface area contributed by atoms with E-state index >= 15 is 0 Å². The lowest BCUT2D eigenvalue weighted by Crippen LogP contribution is -2.41. The summed E-state index contributed by atoms with van der Waals surface area (Å²) < 4.78 is 10.9. The molecule has 120 valence electrons. The first-order valence-electron chi connectivity index (χ1n) is 7.43. The van der Waals surface area contributed by atoms with Crippen molar-refractivity contribution in [3.63, 3.8) is 0 Å². The van der Waals surface area contributed by atoms with Gasteiger partial charge < -0.3 is 19.9 Å². The molecule has 0 aromatic heterocycles. The molecule has 2 rings (SSSR count). The summed E-state index contributed by atoms with van der Waals surface area (Å²) in [5.41, 5.74) is 0.215. The van der Waals surface area contributed by atoms with E-state index in [9.17, 15) is 9.59 Å². The number of hydrogen-bond donors (Lipinski definition) is 2. The van der Waals surface area contributed by atoms with Crippen LogP contribution in [0.3, 0.4) is 0 Å². The van der Waals surface area contributed by atoms with Crippen molar-refractivity contribution < 1.29 is 24.2 Å². The fourth-order valence-corrected chi connectivity index (χ4v) is 2.44. The van der Waals surface area contributed by atoms with E-state index in [-0.39, 0.29) is 23.5 Å². The monoisotopic (exact) mass is 307 g/mol. The van der Waals surface area contributed by atoms with E-state index in [1.165, 1.54) is 12.1 Å². The zero-order valence-corrected chi connectivity index (χ0v) is 12.6. The summed E-state index contributed by atoms with van der Waals surface area (Å²) in [7, 11) is 0. The van der Waals surface area contributed by atoms with Gasteiger partial charge in [0.05, 0.1) is 24.1 Å². The van der Waals surface area contributed by atoms with Crippen molar-refractivity contribution in [3.8, 4) is 5.75 Å². The minimum Gasteiger partial charge on any atom is -0.492 e. The molecule has 2 unspecified atom stereocenters. The first-order valence-corrected chi connectivity index (χ1v) is 7.43. The van der Waals surface area contributed by atoms with Crippen molar-refractivity contribution in [2.24, 2.45) is 5.92 Å². The third-order valence-corrected chi connectivity index (χ3v) is 3.71. The lowest BCUT2D eigenvalue weighted by atomic mass is 9.94. The van der Waals surface area contributed by atoms with Gasteiger partial charge in [0.2, 0.25) is 5.91 Å². The first kappa shape index (κ1) is 16.3. The summed E-state index contributed by atoms with van der Waals surface area (Å²) in [6, 6.07) is 6.17. The van der Waals surface area contributed by atoms with Gasteiger partial charge in [-0.15, -0.1) is 0 Å². The van der Waals surface area contributed by atoms with Gasteiger partial charge in [0.1, 0.15) is 12.4 Å². The van der Waals surface area contributed by atoms with Crippen molar-refractivity contribution in [3.05, 3.63) is 29.8 Å². The summed E-state index contributed by atoms with van der Waals surface area (Å²) in [5.74, 6) is -0.489. The molecule has 1 aromatic rings. The summed E-state index contributed by atoms with van der Waals surface area (Å²) in [5, 5.41) is 11.6. The maximum absolute atomic E-state index is 12.0. The highest BCUT2D eigenvalue weighted by atomic mass is 16.5. The Labute approximate surface area is 129 Å². The molecule has 6 heteroatoms. The molecule has 2 N–H and O–H groups in total. The number of carboxylic acids is 1. The zero-order valence-electron chi connectivity index (χ0n) is 12.6. The molecule has 0 bridgehead atoms. The highest BCUT2D eigenvalue weighted by Gasteiger charge is 2.28. The topological polar surface area (TPSA) is 84.9 Å². The molecule has 6 nitrogen and oxygen atoms in total. The summed E-state index contributed by atoms with van der Waals surface area (Å²) in [6.45, 7) is 3.38. The molecular weight excluding hydrogens is 286 g/mol. The Bertz CT molecular complexity index is 514. The van der Waals surface area contributed by atoms with Crippen LogP contribution in [0.5, 0.6) is 5.75 Å². The van der Waals surface area contributed by atoms with E-state index in [0.717, 1.165) is 19.4 Å². The molecule has 1 heterocycles. The van der Waals surface area contributed by atoms with Gasteiger partial charge >= 0.3 is 5.97 Å². The van der Waals surface area contributed by atoms with Crippen molar-refractivity contribution in [2.45, 2.75) is 25.9 Å². The minimum atomic E-state index is -0.970. The smallest absolute Gasteiger partial charge is 0.335 e. The second-order valence-electron chi connectivity index (χ2n) is 5.29. The van der Waals surface area contributed by atoms with Crippen molar-refractivity contribution >= 4 is 11.9 Å². The van der Waals surface area contributed by atoms with Gasteiger partial charge in [-0.2, -0.15) is 0 Å². The highest BCUT2D eigenvalue weighted by molar-refractivity contribution is 5.87. The quantitative estimate of drug-likeness (QED) is 0.781. The largest absolute Gasteiger partial charge is 0.492 e. The van der Waals surface area contributed by atoms with Gasteiger partial charge in [-0.3, -0.25) is 4.79 Å². The SMILES string of the molecule is CC1OCCCC1C(=O)NCCOc1ccc(C(=O)O)cc1. The van der Waals surface area contributed by atoms with Crippen LogP contribution in [-0.2, 0) is 9.53 Å². The van der Waals surface area contributed by atoms with Crippen molar-refractivity contribution in [1.82, 2.24) is 5.32 Å². The molecule has 0 radical (unpaired) electrons. The number of aromatic carboxylic acids is 1. The lowest BCUT2D eigenvalue weighted by molar-refractivity contribution is -0.133. The van der Waals surface area contributed by atoms with Crippen molar-refractivity contribution in [1.29, 1.82) is 0 Å². The summed E-state index contributed by atoms with van der Waals surface area (Å²) >= 11 is 0. The summed E-state index contributed by atoms with van der Waals surface area (Å²) in [6.07, 6.45) is 1.72. The summed E-state index contributed by atoms with van der Waals surface area (Å²) in [4.78, 5) is 22.8. The van der Waals surface area contributed by atoms with Crippen LogP contribution < -0.4 is 10.1 Å². The van der Waals surface area contributed by atoms with E-state index in [0.29, 0.717) is 18.9 Å². The van der Waals surface area contributed by atoms with E-state index in [4.69, 9.17) is 14.6 Å². The highest BCUT2D eigenvalue weighted by Crippen LogP contribution is 2.20. The average molecular weight is 307 g/mol. The first-order chi connectivity index (χ1) is 10.6. The third-order valence-electron chi connectivity index (χ3n) is 3.71. The van der Waals surface area contributed by atoms with Gasteiger partial charge in [-0.05, 0) is 44.0 Å². The van der Waals surface area contributed by atoms with Crippen LogP contribution in [0, 0.1) is 5.92 Å². The third kappa shape index (κ3) is 4.46. The number of amides is 1. The van der Waals surface area contributed by atoms with Crippen LogP contribution in [-0.4, -0.2) is 42.8 Å². The molecule has 0 aliphatic carbocycles. The van der Waals surface area contributed by atoms with Gasteiger partial charge in [0.15, 0.2) is 0 Å². The maximum Gasteiger partial charge on any atom is 0.335 e. The Hall–Kier alpha value is -2.08. The van der Waals surface area contributed by atoms with E-state index < -0.39 is 5.97 Å². The van der Waals surface area contributed by atoms with Crippen LogP contribution in [0.15, 0.2) is 24.3 Å². The number of carbonyl (C=O) groups is 2. The Balaban J connectivity index is 1.70. The Morgan fingerprint density at radius 3 is 2.73 bits per heavy atom. The van der Waals surface area contributed by atoms with Crippen LogP contribution >= 0.6 is 0 Å². The van der Waals surface area contributed by atoms with Crippen LogP contribution in [0.2, 0.25) is 0 Å². The van der Waals surface area contributed by atoms with Gasteiger partial charge in [-0.25, -0.2) is 4.79 Å². The number of nitrogens with one attached hydrogen (secondary N) is 1. The van der Waals surface area contributed by atoms with Crippen LogP contribution in [0.25, 0.3) is 0 Å². The second-order valence-corrected chi connectivity index (χ2v) is 5.29. The minimum absolute atomic E-state index is 0.00275. The molecule has 0 spiro atoms. The van der Waals surface area contributed by atoms with Crippen molar-refractivity contribution in [2.75, 3.05) is 19.8 Å². The lowest BCUT2D eigenvalue weighted by Gasteiger charge is -2.28. The molecule has 2 atom stereocenters. The van der Waals surface area contributed by atoms with Gasteiger partial charge in [0, 0.05) is 6.61 Å². The predicted octanol–water partition coefficient (Wildman–Crippen LogP) is 1.69. The molecule has 1 aromatic carbocycles.